The number of rotatable bonds is 7. The van der Waals surface area contributed by atoms with Crippen molar-refractivity contribution in [1.29, 1.82) is 0 Å². The van der Waals surface area contributed by atoms with Gasteiger partial charge in [0.1, 0.15) is 0 Å². The van der Waals surface area contributed by atoms with Crippen molar-refractivity contribution in [2.45, 2.75) is 45.4 Å². The van der Waals surface area contributed by atoms with E-state index in [1.807, 2.05) is 30.3 Å². The van der Waals surface area contributed by atoms with Gasteiger partial charge in [-0.15, -0.1) is 0 Å². The molecule has 0 aliphatic carbocycles. The molecular weight excluding hydrogens is 304 g/mol. The maximum Gasteiger partial charge on any atom is 0.226 e. The lowest BCUT2D eigenvalue weighted by atomic mass is 10.1. The minimum absolute atomic E-state index is 0.0146. The summed E-state index contributed by atoms with van der Waals surface area (Å²) in [6.45, 7) is 2.18. The largest absolute Gasteiger partial charge is 0.332 e. The number of fused-ring (bicyclic) bond motifs is 1. The lowest BCUT2D eigenvalue weighted by Gasteiger charge is -2.11. The van der Waals surface area contributed by atoms with Crippen molar-refractivity contribution < 1.29 is 4.79 Å². The van der Waals surface area contributed by atoms with E-state index < -0.39 is 0 Å². The summed E-state index contributed by atoms with van der Waals surface area (Å²) in [6, 6.07) is 14.1. The molecule has 0 aliphatic heterocycles. The quantitative estimate of drug-likeness (QED) is 0.554. The van der Waals surface area contributed by atoms with Crippen molar-refractivity contribution in [3.8, 4) is 0 Å². The summed E-state index contributed by atoms with van der Waals surface area (Å²) >= 11 is 5.25. The van der Waals surface area contributed by atoms with E-state index in [-0.39, 0.29) is 5.91 Å². The highest BCUT2D eigenvalue weighted by atomic mass is 32.1. The molecule has 0 saturated heterocycles. The van der Waals surface area contributed by atoms with Crippen LogP contribution in [0.4, 0.5) is 5.69 Å². The number of carbonyl (C=O) groups excluding carboxylic acids is 1. The summed E-state index contributed by atoms with van der Waals surface area (Å²) in [5.41, 5.74) is 0.913. The van der Waals surface area contributed by atoms with E-state index in [2.05, 4.69) is 29.7 Å². The first-order chi connectivity index (χ1) is 11.2. The zero-order valence-corrected chi connectivity index (χ0v) is 14.4. The van der Waals surface area contributed by atoms with Crippen molar-refractivity contribution >= 4 is 39.7 Å². The Labute approximate surface area is 143 Å². The van der Waals surface area contributed by atoms with Crippen LogP contribution in [0.25, 0.3) is 10.8 Å². The minimum atomic E-state index is -0.0146. The molecule has 0 unspecified atom stereocenters. The van der Waals surface area contributed by atoms with Crippen molar-refractivity contribution in [3.05, 3.63) is 42.5 Å². The van der Waals surface area contributed by atoms with E-state index in [1.54, 1.807) is 0 Å². The second-order valence-corrected chi connectivity index (χ2v) is 6.10. The fourth-order valence-corrected chi connectivity index (χ4v) is 2.79. The van der Waals surface area contributed by atoms with Crippen LogP contribution in [0.1, 0.15) is 45.4 Å². The van der Waals surface area contributed by atoms with Crippen molar-refractivity contribution in [2.24, 2.45) is 0 Å². The van der Waals surface area contributed by atoms with Crippen LogP contribution in [0.2, 0.25) is 0 Å². The highest BCUT2D eigenvalue weighted by molar-refractivity contribution is 7.80. The summed E-state index contributed by atoms with van der Waals surface area (Å²) in [5, 5.41) is 8.48. The number of amides is 1. The molecule has 0 atom stereocenters. The molecule has 1 amide bonds. The number of anilines is 1. The van der Waals surface area contributed by atoms with Gasteiger partial charge in [0.05, 0.1) is 0 Å². The van der Waals surface area contributed by atoms with Gasteiger partial charge in [-0.25, -0.2) is 0 Å². The number of nitrogens with one attached hydrogen (secondary N) is 2. The molecule has 0 radical (unpaired) electrons. The van der Waals surface area contributed by atoms with Gasteiger partial charge in [-0.2, -0.15) is 0 Å². The second-order valence-electron chi connectivity index (χ2n) is 5.69. The first kappa shape index (κ1) is 17.4. The first-order valence-corrected chi connectivity index (χ1v) is 8.70. The van der Waals surface area contributed by atoms with Gasteiger partial charge in [-0.1, -0.05) is 69.0 Å². The molecule has 2 aromatic carbocycles. The average Bonchev–Trinajstić information content (AvgIpc) is 2.55. The van der Waals surface area contributed by atoms with Crippen LogP contribution in [0, 0.1) is 0 Å². The van der Waals surface area contributed by atoms with Crippen LogP contribution in [-0.2, 0) is 4.79 Å². The van der Waals surface area contributed by atoms with E-state index >= 15 is 0 Å². The van der Waals surface area contributed by atoms with Gasteiger partial charge >= 0.3 is 0 Å². The molecule has 0 aliphatic rings. The topological polar surface area (TPSA) is 41.1 Å². The minimum Gasteiger partial charge on any atom is -0.332 e. The molecule has 0 spiro atoms. The van der Waals surface area contributed by atoms with Crippen LogP contribution in [0.15, 0.2) is 42.5 Å². The Kier molecular flexibility index (Phi) is 7.01. The molecule has 4 heteroatoms. The van der Waals surface area contributed by atoms with Gasteiger partial charge in [0, 0.05) is 17.5 Å². The molecule has 0 saturated carbocycles. The maximum absolute atomic E-state index is 11.9. The summed E-state index contributed by atoms with van der Waals surface area (Å²) in [7, 11) is 0. The van der Waals surface area contributed by atoms with E-state index in [0.29, 0.717) is 11.5 Å². The van der Waals surface area contributed by atoms with Crippen LogP contribution >= 0.6 is 12.2 Å². The Morgan fingerprint density at radius 2 is 1.74 bits per heavy atom. The summed E-state index contributed by atoms with van der Waals surface area (Å²) in [4.78, 5) is 11.9. The summed E-state index contributed by atoms with van der Waals surface area (Å²) < 4.78 is 0. The molecule has 23 heavy (non-hydrogen) atoms. The van der Waals surface area contributed by atoms with Gasteiger partial charge < -0.3 is 10.6 Å². The fraction of sp³-hybridized carbons (Fsp3) is 0.368. The Balaban J connectivity index is 1.83. The fourth-order valence-electron chi connectivity index (χ4n) is 2.57. The number of hydrogen-bond donors (Lipinski definition) is 2. The number of benzene rings is 2. The van der Waals surface area contributed by atoms with E-state index in [4.69, 9.17) is 12.2 Å². The van der Waals surface area contributed by atoms with E-state index in [9.17, 15) is 4.79 Å². The Morgan fingerprint density at radius 1 is 1.00 bits per heavy atom. The third kappa shape index (κ3) is 5.64. The molecule has 0 bridgehead atoms. The Bertz CT molecular complexity index is 664. The Morgan fingerprint density at radius 3 is 2.57 bits per heavy atom. The van der Waals surface area contributed by atoms with Crippen LogP contribution < -0.4 is 10.6 Å². The third-order valence-electron chi connectivity index (χ3n) is 3.80. The van der Waals surface area contributed by atoms with E-state index in [1.165, 1.54) is 19.3 Å². The maximum atomic E-state index is 11.9. The SMILES string of the molecule is CCCCCCCC(=O)NC(=S)Nc1cccc2ccccc12. The smallest absolute Gasteiger partial charge is 0.226 e. The van der Waals surface area contributed by atoms with E-state index in [0.717, 1.165) is 29.3 Å². The van der Waals surface area contributed by atoms with Gasteiger partial charge in [0.15, 0.2) is 5.11 Å². The number of hydrogen-bond acceptors (Lipinski definition) is 2. The predicted molar refractivity (Wildman–Crippen MR) is 102 cm³/mol. The molecule has 2 aromatic rings. The zero-order valence-electron chi connectivity index (χ0n) is 13.6. The molecule has 0 aromatic heterocycles. The predicted octanol–water partition coefficient (Wildman–Crippen LogP) is 5.01. The van der Waals surface area contributed by atoms with Gasteiger partial charge in [0.2, 0.25) is 5.91 Å². The lowest BCUT2D eigenvalue weighted by molar-refractivity contribution is -0.119. The standard InChI is InChI=1S/C19H24N2OS/c1-2-3-4-5-6-14-18(22)21-19(23)20-17-13-9-11-15-10-7-8-12-16(15)17/h7-13H,2-6,14H2,1H3,(H2,20,21,22,23). The van der Waals surface area contributed by atoms with Crippen molar-refractivity contribution in [2.75, 3.05) is 5.32 Å². The molecule has 0 fully saturated rings. The van der Waals surface area contributed by atoms with Gasteiger partial charge in [-0.3, -0.25) is 4.79 Å². The number of carbonyl (C=O) groups is 1. The molecule has 2 rings (SSSR count). The van der Waals surface area contributed by atoms with Gasteiger partial charge in [0.25, 0.3) is 0 Å². The molecule has 122 valence electrons. The van der Waals surface area contributed by atoms with Crippen molar-refractivity contribution in [3.63, 3.8) is 0 Å². The number of thiocarbonyl (C=S) groups is 1. The third-order valence-corrected chi connectivity index (χ3v) is 4.00. The molecule has 0 heterocycles. The van der Waals surface area contributed by atoms with Crippen molar-refractivity contribution in [1.82, 2.24) is 5.32 Å². The highest BCUT2D eigenvalue weighted by Crippen LogP contribution is 2.22. The second kappa shape index (κ2) is 9.26. The zero-order chi connectivity index (χ0) is 16.5. The molecule has 2 N–H and O–H groups in total. The summed E-state index contributed by atoms with van der Waals surface area (Å²) in [5.74, 6) is -0.0146. The molecule has 3 nitrogen and oxygen atoms in total. The molecular formula is C19H24N2OS. The highest BCUT2D eigenvalue weighted by Gasteiger charge is 2.06. The van der Waals surface area contributed by atoms with Gasteiger partial charge in [-0.05, 0) is 30.1 Å². The normalized spacial score (nSPS) is 10.5. The van der Waals surface area contributed by atoms with Crippen LogP contribution in [0.3, 0.4) is 0 Å². The monoisotopic (exact) mass is 328 g/mol. The first-order valence-electron chi connectivity index (χ1n) is 8.29. The summed E-state index contributed by atoms with van der Waals surface area (Å²) in [6.07, 6.45) is 6.20. The Hall–Kier alpha value is -1.94. The van der Waals surface area contributed by atoms with Crippen LogP contribution in [0.5, 0.6) is 0 Å². The number of unbranched alkanes of at least 4 members (excludes halogenated alkanes) is 4. The van der Waals surface area contributed by atoms with Crippen LogP contribution in [-0.4, -0.2) is 11.0 Å². The lowest BCUT2D eigenvalue weighted by Crippen LogP contribution is -2.33. The average molecular weight is 328 g/mol.